The molecule has 0 heterocycles. The molecule has 0 saturated heterocycles. The van der Waals surface area contributed by atoms with Gasteiger partial charge in [-0.05, 0) is 18.2 Å². The van der Waals surface area contributed by atoms with Crippen LogP contribution < -0.4 is 0 Å². The average molecular weight is 120 g/mol. The summed E-state index contributed by atoms with van der Waals surface area (Å²) in [6, 6.07) is 0. The lowest BCUT2D eigenvalue weighted by atomic mass is 9.66. The van der Waals surface area contributed by atoms with Gasteiger partial charge in [0.1, 0.15) is 7.28 Å². The first-order valence-electron chi connectivity index (χ1n) is 3.67. The third-order valence-electron chi connectivity index (χ3n) is 2.03. The molecular formula is C8H13B. The molecule has 1 aliphatic rings. The summed E-state index contributed by atoms with van der Waals surface area (Å²) < 4.78 is 0. The molecule has 0 amide bonds. The maximum absolute atomic E-state index is 3.76. The van der Waals surface area contributed by atoms with E-state index in [2.05, 4.69) is 25.6 Å². The predicted molar refractivity (Wildman–Crippen MR) is 44.2 cm³/mol. The predicted octanol–water partition coefficient (Wildman–Crippen LogP) is 2.02. The molecule has 0 aliphatic heterocycles. The summed E-state index contributed by atoms with van der Waals surface area (Å²) in [5.74, 6) is 1.49. The first kappa shape index (κ1) is 6.66. The summed E-state index contributed by atoms with van der Waals surface area (Å²) in [5, 5.41) is 0. The molecule has 0 nitrogen and oxygen atoms in total. The van der Waals surface area contributed by atoms with Crippen LogP contribution >= 0.6 is 0 Å². The van der Waals surface area contributed by atoms with Crippen molar-refractivity contribution < 1.29 is 0 Å². The van der Waals surface area contributed by atoms with Gasteiger partial charge < -0.3 is 0 Å². The van der Waals surface area contributed by atoms with Gasteiger partial charge in [0.15, 0.2) is 0 Å². The Hall–Kier alpha value is -0.455. The highest BCUT2D eigenvalue weighted by atomic mass is 14.1. The lowest BCUT2D eigenvalue weighted by molar-refractivity contribution is 0.769. The zero-order valence-electron chi connectivity index (χ0n) is 6.01. The van der Waals surface area contributed by atoms with E-state index in [1.807, 2.05) is 6.08 Å². The Morgan fingerprint density at radius 1 is 1.67 bits per heavy atom. The van der Waals surface area contributed by atoms with Gasteiger partial charge in [-0.1, -0.05) is 25.1 Å². The number of allylic oxidation sites excluding steroid dienone is 3. The molecule has 0 N–H and O–H groups in total. The Labute approximate surface area is 57.9 Å². The monoisotopic (exact) mass is 120 g/mol. The largest absolute Gasteiger partial charge is 0.125 e. The third-order valence-corrected chi connectivity index (χ3v) is 2.03. The van der Waals surface area contributed by atoms with Gasteiger partial charge in [-0.15, -0.1) is 6.58 Å². The van der Waals surface area contributed by atoms with Gasteiger partial charge in [0.2, 0.25) is 0 Å². The fourth-order valence-electron chi connectivity index (χ4n) is 1.28. The second-order valence-electron chi connectivity index (χ2n) is 2.69. The van der Waals surface area contributed by atoms with Crippen molar-refractivity contribution in [2.24, 2.45) is 5.92 Å². The van der Waals surface area contributed by atoms with Crippen LogP contribution in [0.2, 0.25) is 12.6 Å². The number of hydrogen-bond acceptors (Lipinski definition) is 0. The van der Waals surface area contributed by atoms with Gasteiger partial charge in [-0.2, -0.15) is 0 Å². The highest BCUT2D eigenvalue weighted by Gasteiger charge is 2.13. The molecule has 0 aromatic rings. The first-order chi connectivity index (χ1) is 4.36. The Bertz CT molecular complexity index is 127. The van der Waals surface area contributed by atoms with Crippen LogP contribution in [0.15, 0.2) is 24.8 Å². The quantitative estimate of drug-likeness (QED) is 0.386. The van der Waals surface area contributed by atoms with Crippen molar-refractivity contribution >= 4 is 7.28 Å². The molecule has 1 heteroatoms. The van der Waals surface area contributed by atoms with Gasteiger partial charge in [-0.3, -0.25) is 0 Å². The van der Waals surface area contributed by atoms with E-state index in [4.69, 9.17) is 0 Å². The SMILES string of the molecule is C=C[C@H]1C=C[C@@H](BC)C1. The van der Waals surface area contributed by atoms with Crippen molar-refractivity contribution in [3.63, 3.8) is 0 Å². The van der Waals surface area contributed by atoms with Gasteiger partial charge in [0.05, 0.1) is 0 Å². The molecule has 0 bridgehead atoms. The summed E-state index contributed by atoms with van der Waals surface area (Å²) >= 11 is 0. The van der Waals surface area contributed by atoms with Crippen LogP contribution in [-0.4, -0.2) is 7.28 Å². The van der Waals surface area contributed by atoms with Crippen LogP contribution in [0.4, 0.5) is 0 Å². The fraction of sp³-hybridized carbons (Fsp3) is 0.500. The van der Waals surface area contributed by atoms with E-state index in [0.717, 1.165) is 5.82 Å². The second kappa shape index (κ2) is 2.91. The Kier molecular flexibility index (Phi) is 2.15. The van der Waals surface area contributed by atoms with Crippen LogP contribution in [0.1, 0.15) is 6.42 Å². The van der Waals surface area contributed by atoms with E-state index in [1.165, 1.54) is 13.7 Å². The van der Waals surface area contributed by atoms with Crippen molar-refractivity contribution in [2.75, 3.05) is 0 Å². The van der Waals surface area contributed by atoms with Gasteiger partial charge in [0, 0.05) is 0 Å². The minimum absolute atomic E-state index is 0.662. The number of hydrogen-bond donors (Lipinski definition) is 0. The summed E-state index contributed by atoms with van der Waals surface area (Å²) in [7, 11) is 1.28. The third kappa shape index (κ3) is 1.47. The minimum atomic E-state index is 0.662. The summed E-state index contributed by atoms with van der Waals surface area (Å²) in [6.45, 7) is 6.00. The van der Waals surface area contributed by atoms with Crippen molar-refractivity contribution in [2.45, 2.75) is 19.1 Å². The minimum Gasteiger partial charge on any atom is -0.102 e. The maximum atomic E-state index is 3.76. The van der Waals surface area contributed by atoms with E-state index in [0.29, 0.717) is 5.92 Å². The van der Waals surface area contributed by atoms with Gasteiger partial charge in [-0.25, -0.2) is 0 Å². The highest BCUT2D eigenvalue weighted by Crippen LogP contribution is 2.27. The van der Waals surface area contributed by atoms with Gasteiger partial charge >= 0.3 is 0 Å². The number of rotatable bonds is 2. The fourth-order valence-corrected chi connectivity index (χ4v) is 1.28. The first-order valence-corrected chi connectivity index (χ1v) is 3.67. The maximum Gasteiger partial charge on any atom is 0.125 e. The molecule has 1 aliphatic carbocycles. The van der Waals surface area contributed by atoms with E-state index < -0.39 is 0 Å². The van der Waals surface area contributed by atoms with E-state index in [1.54, 1.807) is 0 Å². The molecule has 0 aromatic carbocycles. The second-order valence-corrected chi connectivity index (χ2v) is 2.69. The van der Waals surface area contributed by atoms with Crippen LogP contribution in [-0.2, 0) is 0 Å². The van der Waals surface area contributed by atoms with Crippen LogP contribution in [0, 0.1) is 5.92 Å². The molecular weight excluding hydrogens is 107 g/mol. The lowest BCUT2D eigenvalue weighted by Crippen LogP contribution is -1.94. The zero-order chi connectivity index (χ0) is 6.69. The summed E-state index contributed by atoms with van der Waals surface area (Å²) in [6.07, 6.45) is 7.90. The molecule has 0 fully saturated rings. The van der Waals surface area contributed by atoms with E-state index in [-0.39, 0.29) is 0 Å². The topological polar surface area (TPSA) is 0 Å². The molecule has 48 valence electrons. The summed E-state index contributed by atoms with van der Waals surface area (Å²) in [5.41, 5.74) is 0. The average Bonchev–Trinajstić information content (AvgIpc) is 2.34. The molecule has 0 radical (unpaired) electrons. The van der Waals surface area contributed by atoms with Crippen molar-refractivity contribution in [3.8, 4) is 0 Å². The zero-order valence-corrected chi connectivity index (χ0v) is 6.01. The van der Waals surface area contributed by atoms with Gasteiger partial charge in [0.25, 0.3) is 0 Å². The Morgan fingerprint density at radius 3 is 2.78 bits per heavy atom. The van der Waals surface area contributed by atoms with Crippen molar-refractivity contribution in [1.82, 2.24) is 0 Å². The van der Waals surface area contributed by atoms with Crippen LogP contribution in [0.5, 0.6) is 0 Å². The Morgan fingerprint density at radius 2 is 2.44 bits per heavy atom. The highest BCUT2D eigenvalue weighted by molar-refractivity contribution is 6.36. The molecule has 9 heavy (non-hydrogen) atoms. The van der Waals surface area contributed by atoms with Crippen molar-refractivity contribution in [3.05, 3.63) is 24.8 Å². The normalized spacial score (nSPS) is 32.6. The molecule has 0 saturated carbocycles. The molecule has 0 aromatic heterocycles. The standard InChI is InChI=1S/C8H13B/c1-3-7-4-5-8(6-7)9-2/h3-5,7-9H,1,6H2,2H3/t7-,8+/m0/s1. The molecule has 1 rings (SSSR count). The Balaban J connectivity index is 2.39. The van der Waals surface area contributed by atoms with E-state index in [9.17, 15) is 0 Å². The molecule has 0 unspecified atom stereocenters. The lowest BCUT2D eigenvalue weighted by Gasteiger charge is -2.02. The van der Waals surface area contributed by atoms with E-state index >= 15 is 0 Å². The molecule has 0 spiro atoms. The van der Waals surface area contributed by atoms with Crippen LogP contribution in [0.3, 0.4) is 0 Å². The molecule has 2 atom stereocenters. The van der Waals surface area contributed by atoms with Crippen molar-refractivity contribution in [1.29, 1.82) is 0 Å². The smallest absolute Gasteiger partial charge is 0.102 e. The van der Waals surface area contributed by atoms with Crippen LogP contribution in [0.25, 0.3) is 0 Å². The summed E-state index contributed by atoms with van der Waals surface area (Å²) in [4.78, 5) is 0.